The third-order valence-corrected chi connectivity index (χ3v) is 3.23. The molecule has 0 amide bonds. The second kappa shape index (κ2) is 3.71. The van der Waals surface area contributed by atoms with E-state index in [2.05, 4.69) is 0 Å². The minimum absolute atomic E-state index is 0.258. The zero-order valence-electron chi connectivity index (χ0n) is 7.12. The molecule has 1 aliphatic rings. The van der Waals surface area contributed by atoms with Crippen molar-refractivity contribution in [3.05, 3.63) is 22.7 Å². The Bertz CT molecular complexity index is 392. The Hall–Kier alpha value is -0.870. The third kappa shape index (κ3) is 1.55. The first-order valence-electron chi connectivity index (χ1n) is 4.01. The highest BCUT2D eigenvalue weighted by molar-refractivity contribution is 7.99. The van der Waals surface area contributed by atoms with Crippen molar-refractivity contribution >= 4 is 29.3 Å². The number of thioether (sulfide) groups is 1. The molecule has 14 heavy (non-hydrogen) atoms. The van der Waals surface area contributed by atoms with Crippen molar-refractivity contribution < 1.29 is 14.6 Å². The van der Waals surface area contributed by atoms with Crippen LogP contribution in [-0.2, 0) is 0 Å². The molecule has 0 unspecified atom stereocenters. The lowest BCUT2D eigenvalue weighted by atomic mass is 10.2. The molecule has 1 N–H and O–H groups in total. The quantitative estimate of drug-likeness (QED) is 0.805. The Morgan fingerprint density at radius 3 is 3.07 bits per heavy atom. The highest BCUT2D eigenvalue weighted by Gasteiger charge is 2.21. The molecule has 0 bridgehead atoms. The number of carboxylic acid groups (broad SMARTS) is 1. The maximum absolute atomic E-state index is 10.9. The van der Waals surface area contributed by atoms with Gasteiger partial charge in [0.25, 0.3) is 0 Å². The van der Waals surface area contributed by atoms with Gasteiger partial charge in [-0.25, -0.2) is 4.79 Å². The number of halogens is 1. The number of carboxylic acids is 1. The smallest absolute Gasteiger partial charge is 0.336 e. The summed E-state index contributed by atoms with van der Waals surface area (Å²) in [5.74, 6) is 0.312. The Kier molecular flexibility index (Phi) is 2.56. The van der Waals surface area contributed by atoms with Gasteiger partial charge in [-0.1, -0.05) is 11.6 Å². The summed E-state index contributed by atoms with van der Waals surface area (Å²) in [6.45, 7) is 0.570. The fraction of sp³-hybridized carbons (Fsp3) is 0.222. The largest absolute Gasteiger partial charge is 0.490 e. The first-order valence-corrected chi connectivity index (χ1v) is 5.38. The molecule has 0 fully saturated rings. The Labute approximate surface area is 90.0 Å². The first-order chi connectivity index (χ1) is 6.70. The predicted molar refractivity (Wildman–Crippen MR) is 54.6 cm³/mol. The molecule has 3 nitrogen and oxygen atoms in total. The van der Waals surface area contributed by atoms with Crippen LogP contribution in [-0.4, -0.2) is 23.4 Å². The summed E-state index contributed by atoms with van der Waals surface area (Å²) in [5, 5.41) is 9.39. The van der Waals surface area contributed by atoms with E-state index in [1.807, 2.05) is 0 Å². The van der Waals surface area contributed by atoms with Crippen LogP contribution in [0.5, 0.6) is 5.75 Å². The fourth-order valence-electron chi connectivity index (χ4n) is 1.27. The van der Waals surface area contributed by atoms with Gasteiger partial charge in [0.2, 0.25) is 0 Å². The van der Waals surface area contributed by atoms with Crippen molar-refractivity contribution in [2.75, 3.05) is 12.4 Å². The molecule has 5 heteroatoms. The van der Waals surface area contributed by atoms with Crippen LogP contribution in [0.3, 0.4) is 0 Å². The van der Waals surface area contributed by atoms with Crippen LogP contribution >= 0.6 is 23.4 Å². The van der Waals surface area contributed by atoms with Gasteiger partial charge in [-0.05, 0) is 12.1 Å². The van der Waals surface area contributed by atoms with E-state index in [0.717, 1.165) is 5.75 Å². The van der Waals surface area contributed by atoms with Crippen molar-refractivity contribution in [1.82, 2.24) is 0 Å². The van der Waals surface area contributed by atoms with Crippen molar-refractivity contribution in [2.45, 2.75) is 4.90 Å². The normalized spacial score (nSPS) is 14.4. The molecule has 0 radical (unpaired) electrons. The van der Waals surface area contributed by atoms with Crippen molar-refractivity contribution in [2.24, 2.45) is 0 Å². The van der Waals surface area contributed by atoms with E-state index in [1.165, 1.54) is 17.8 Å². The average molecular weight is 231 g/mol. The van der Waals surface area contributed by atoms with Crippen LogP contribution in [0.1, 0.15) is 10.4 Å². The molecule has 1 aromatic carbocycles. The predicted octanol–water partition coefficient (Wildman–Crippen LogP) is 2.52. The molecule has 1 aromatic rings. The lowest BCUT2D eigenvalue weighted by molar-refractivity contribution is 0.0692. The second-order valence-electron chi connectivity index (χ2n) is 2.76. The van der Waals surface area contributed by atoms with E-state index in [1.54, 1.807) is 6.07 Å². The minimum atomic E-state index is -0.948. The van der Waals surface area contributed by atoms with Crippen LogP contribution in [0, 0.1) is 0 Å². The first kappa shape index (κ1) is 9.68. The Morgan fingerprint density at radius 1 is 1.57 bits per heavy atom. The van der Waals surface area contributed by atoms with Gasteiger partial charge in [-0.2, -0.15) is 0 Å². The molecule has 0 aliphatic carbocycles. The van der Waals surface area contributed by atoms with Gasteiger partial charge in [0.1, 0.15) is 0 Å². The van der Waals surface area contributed by atoms with E-state index in [0.29, 0.717) is 22.3 Å². The maximum Gasteiger partial charge on any atom is 0.336 e. The minimum Gasteiger partial charge on any atom is -0.490 e. The molecule has 1 heterocycles. The van der Waals surface area contributed by atoms with Gasteiger partial charge in [-0.15, -0.1) is 11.8 Å². The molecular formula is C9H7ClO3S. The summed E-state index contributed by atoms with van der Waals surface area (Å²) < 4.78 is 5.33. The van der Waals surface area contributed by atoms with Crippen LogP contribution in [0.4, 0.5) is 0 Å². The Balaban J connectivity index is 2.59. The van der Waals surface area contributed by atoms with Gasteiger partial charge >= 0.3 is 5.97 Å². The van der Waals surface area contributed by atoms with Gasteiger partial charge in [-0.3, -0.25) is 0 Å². The van der Waals surface area contributed by atoms with E-state index in [9.17, 15) is 4.79 Å². The fourth-order valence-corrected chi connectivity index (χ4v) is 2.52. The molecule has 1 aliphatic heterocycles. The van der Waals surface area contributed by atoms with E-state index in [4.69, 9.17) is 21.4 Å². The lowest BCUT2D eigenvalue weighted by Gasteiger charge is -2.19. The highest BCUT2D eigenvalue weighted by atomic mass is 35.5. The summed E-state index contributed by atoms with van der Waals surface area (Å²) >= 11 is 7.36. The standard InChI is InChI=1S/C9H7ClO3S/c10-6-2-1-5(9(11)12)8-7(6)13-3-4-14-8/h1-2H,3-4H2,(H,11,12). The third-order valence-electron chi connectivity index (χ3n) is 1.87. The summed E-state index contributed by atoms with van der Waals surface area (Å²) in [5.41, 5.74) is 0.258. The van der Waals surface area contributed by atoms with Gasteiger partial charge in [0, 0.05) is 5.75 Å². The second-order valence-corrected chi connectivity index (χ2v) is 4.27. The summed E-state index contributed by atoms with van der Waals surface area (Å²) in [6, 6.07) is 3.06. The zero-order valence-corrected chi connectivity index (χ0v) is 8.69. The van der Waals surface area contributed by atoms with Crippen LogP contribution in [0.25, 0.3) is 0 Å². The molecule has 0 saturated carbocycles. The van der Waals surface area contributed by atoms with E-state index >= 15 is 0 Å². The van der Waals surface area contributed by atoms with E-state index < -0.39 is 5.97 Å². The maximum atomic E-state index is 10.9. The summed E-state index contributed by atoms with van der Waals surface area (Å²) in [6.07, 6.45) is 0. The van der Waals surface area contributed by atoms with Crippen molar-refractivity contribution in [3.63, 3.8) is 0 Å². The van der Waals surface area contributed by atoms with Gasteiger partial charge in [0.05, 0.1) is 22.1 Å². The topological polar surface area (TPSA) is 46.5 Å². The molecule has 0 spiro atoms. The number of ether oxygens (including phenoxy) is 1. The monoisotopic (exact) mass is 230 g/mol. The number of carbonyl (C=O) groups is 1. The zero-order chi connectivity index (χ0) is 10.1. The van der Waals surface area contributed by atoms with E-state index in [-0.39, 0.29) is 5.56 Å². The average Bonchev–Trinajstić information content (AvgIpc) is 2.18. The van der Waals surface area contributed by atoms with Gasteiger partial charge in [0.15, 0.2) is 5.75 Å². The molecule has 74 valence electrons. The molecular weight excluding hydrogens is 224 g/mol. The number of aromatic carboxylic acids is 1. The Morgan fingerprint density at radius 2 is 2.36 bits per heavy atom. The number of hydrogen-bond donors (Lipinski definition) is 1. The van der Waals surface area contributed by atoms with Crippen molar-refractivity contribution in [1.29, 1.82) is 0 Å². The number of benzene rings is 1. The summed E-state index contributed by atoms with van der Waals surface area (Å²) in [4.78, 5) is 11.5. The van der Waals surface area contributed by atoms with Crippen LogP contribution in [0.15, 0.2) is 17.0 Å². The molecule has 0 atom stereocenters. The molecule has 0 saturated heterocycles. The summed E-state index contributed by atoms with van der Waals surface area (Å²) in [7, 11) is 0. The number of fused-ring (bicyclic) bond motifs is 1. The highest BCUT2D eigenvalue weighted by Crippen LogP contribution is 2.41. The molecule has 2 rings (SSSR count). The van der Waals surface area contributed by atoms with Crippen molar-refractivity contribution in [3.8, 4) is 5.75 Å². The van der Waals surface area contributed by atoms with Crippen LogP contribution in [0.2, 0.25) is 5.02 Å². The van der Waals surface area contributed by atoms with Gasteiger partial charge < -0.3 is 9.84 Å². The SMILES string of the molecule is O=C(O)c1ccc(Cl)c2c1SCCO2. The molecule has 0 aromatic heterocycles. The van der Waals surface area contributed by atoms with Crippen LogP contribution < -0.4 is 4.74 Å². The number of rotatable bonds is 1. The lowest BCUT2D eigenvalue weighted by Crippen LogP contribution is -2.10. The number of hydrogen-bond acceptors (Lipinski definition) is 3.